The first-order chi connectivity index (χ1) is 16.3. The minimum atomic E-state index is 0.264. The summed E-state index contributed by atoms with van der Waals surface area (Å²) in [4.78, 5) is 0. The second kappa shape index (κ2) is 10.2. The van der Waals surface area contributed by atoms with Crippen molar-refractivity contribution in [1.29, 1.82) is 0 Å². The predicted octanol–water partition coefficient (Wildman–Crippen LogP) is 5.94. The summed E-state index contributed by atoms with van der Waals surface area (Å²) >= 11 is 7.60. The van der Waals surface area contributed by atoms with E-state index in [0.29, 0.717) is 18.2 Å². The number of thioether (sulfide) groups is 1. The quantitative estimate of drug-likeness (QED) is 0.219. The number of hydrogen-bond acceptors (Lipinski definition) is 6. The van der Waals surface area contributed by atoms with E-state index in [0.717, 1.165) is 51.5 Å². The Morgan fingerprint density at radius 2 is 1.76 bits per heavy atom. The highest BCUT2D eigenvalue weighted by molar-refractivity contribution is 7.99. The SMILES string of the molecule is Clc1ccc(OCCCSc2nnc(-c3ccccc3)n2Cc2ccc3c(c2)OCO3)cc1. The van der Waals surface area contributed by atoms with Crippen molar-refractivity contribution >= 4 is 23.4 Å². The van der Waals surface area contributed by atoms with Gasteiger partial charge in [0.15, 0.2) is 22.5 Å². The van der Waals surface area contributed by atoms with E-state index in [-0.39, 0.29) is 6.79 Å². The average Bonchev–Trinajstić information content (AvgIpc) is 3.47. The van der Waals surface area contributed by atoms with Gasteiger partial charge in [0, 0.05) is 16.3 Å². The molecule has 0 spiro atoms. The molecule has 168 valence electrons. The minimum absolute atomic E-state index is 0.264. The van der Waals surface area contributed by atoms with Crippen LogP contribution in [0.5, 0.6) is 17.2 Å². The Kier molecular flexibility index (Phi) is 6.69. The summed E-state index contributed by atoms with van der Waals surface area (Å²) in [5, 5.41) is 10.6. The molecule has 1 aromatic heterocycles. The molecule has 1 aliphatic heterocycles. The van der Waals surface area contributed by atoms with E-state index < -0.39 is 0 Å². The van der Waals surface area contributed by atoms with Gasteiger partial charge in [-0.25, -0.2) is 0 Å². The zero-order valence-corrected chi connectivity index (χ0v) is 19.4. The Morgan fingerprint density at radius 1 is 0.939 bits per heavy atom. The van der Waals surface area contributed by atoms with Gasteiger partial charge in [-0.3, -0.25) is 4.57 Å². The van der Waals surface area contributed by atoms with Crippen LogP contribution in [0.2, 0.25) is 5.02 Å². The molecule has 0 fully saturated rings. The molecule has 0 aliphatic carbocycles. The summed E-state index contributed by atoms with van der Waals surface area (Å²) in [6.45, 7) is 1.52. The molecule has 8 heteroatoms. The van der Waals surface area contributed by atoms with Gasteiger partial charge in [-0.15, -0.1) is 10.2 Å². The van der Waals surface area contributed by atoms with Gasteiger partial charge in [0.2, 0.25) is 6.79 Å². The smallest absolute Gasteiger partial charge is 0.231 e. The second-order valence-corrected chi connectivity index (χ2v) is 8.95. The highest BCUT2D eigenvalue weighted by Crippen LogP contribution is 2.33. The van der Waals surface area contributed by atoms with E-state index in [2.05, 4.69) is 33.0 Å². The Labute approximate surface area is 201 Å². The molecule has 0 saturated carbocycles. The largest absolute Gasteiger partial charge is 0.494 e. The Hall–Kier alpha value is -3.16. The average molecular weight is 480 g/mol. The molecule has 0 saturated heterocycles. The third kappa shape index (κ3) is 5.26. The molecule has 3 aromatic carbocycles. The van der Waals surface area contributed by atoms with Crippen molar-refractivity contribution in [2.45, 2.75) is 18.1 Å². The van der Waals surface area contributed by atoms with Crippen LogP contribution in [0.3, 0.4) is 0 Å². The Bertz CT molecular complexity index is 1220. The normalized spacial score (nSPS) is 12.2. The van der Waals surface area contributed by atoms with Crippen molar-refractivity contribution in [3.05, 3.63) is 83.4 Å². The third-order valence-corrected chi connectivity index (χ3v) is 6.43. The lowest BCUT2D eigenvalue weighted by molar-refractivity contribution is 0.174. The molecule has 6 nitrogen and oxygen atoms in total. The zero-order valence-electron chi connectivity index (χ0n) is 17.8. The number of hydrogen-bond donors (Lipinski definition) is 0. The molecule has 0 bridgehead atoms. The summed E-state index contributed by atoms with van der Waals surface area (Å²) in [6.07, 6.45) is 0.880. The molecular formula is C25H22ClN3O3S. The fourth-order valence-electron chi connectivity index (χ4n) is 3.50. The first kappa shape index (κ1) is 21.7. The van der Waals surface area contributed by atoms with Crippen LogP contribution >= 0.6 is 23.4 Å². The van der Waals surface area contributed by atoms with Gasteiger partial charge >= 0.3 is 0 Å². The number of benzene rings is 3. The highest BCUT2D eigenvalue weighted by Gasteiger charge is 2.17. The number of rotatable bonds is 9. The monoisotopic (exact) mass is 479 g/mol. The van der Waals surface area contributed by atoms with Crippen molar-refractivity contribution in [3.63, 3.8) is 0 Å². The van der Waals surface area contributed by atoms with Crippen LogP contribution in [0.1, 0.15) is 12.0 Å². The van der Waals surface area contributed by atoms with Crippen LogP contribution in [0.15, 0.2) is 78.0 Å². The van der Waals surface area contributed by atoms with Crippen LogP contribution in [0.4, 0.5) is 0 Å². The fraction of sp³-hybridized carbons (Fsp3) is 0.200. The standard InChI is InChI=1S/C25H22ClN3O3S/c26-20-8-10-21(11-9-20)30-13-4-14-33-25-28-27-24(19-5-2-1-3-6-19)29(25)16-18-7-12-22-23(15-18)32-17-31-22/h1-3,5-12,15H,4,13-14,16-17H2. The van der Waals surface area contributed by atoms with Crippen molar-refractivity contribution < 1.29 is 14.2 Å². The Balaban J connectivity index is 1.28. The molecule has 5 rings (SSSR count). The molecule has 33 heavy (non-hydrogen) atoms. The summed E-state index contributed by atoms with van der Waals surface area (Å²) < 4.78 is 18.9. The minimum Gasteiger partial charge on any atom is -0.494 e. The second-order valence-electron chi connectivity index (χ2n) is 7.45. The van der Waals surface area contributed by atoms with Crippen molar-refractivity contribution in [2.24, 2.45) is 0 Å². The van der Waals surface area contributed by atoms with Crippen LogP contribution in [0.25, 0.3) is 11.4 Å². The number of nitrogens with zero attached hydrogens (tertiary/aromatic N) is 3. The number of aromatic nitrogens is 3. The van der Waals surface area contributed by atoms with Crippen LogP contribution in [-0.2, 0) is 6.54 Å². The maximum atomic E-state index is 5.92. The third-order valence-electron chi connectivity index (χ3n) is 5.13. The van der Waals surface area contributed by atoms with E-state index in [1.165, 1.54) is 0 Å². The molecule has 2 heterocycles. The van der Waals surface area contributed by atoms with Crippen molar-refractivity contribution in [2.75, 3.05) is 19.2 Å². The summed E-state index contributed by atoms with van der Waals surface area (Å²) in [5.74, 6) is 4.08. The van der Waals surface area contributed by atoms with Crippen molar-refractivity contribution in [3.8, 4) is 28.6 Å². The topological polar surface area (TPSA) is 58.4 Å². The van der Waals surface area contributed by atoms with Crippen LogP contribution in [0, 0.1) is 0 Å². The van der Waals surface area contributed by atoms with Gasteiger partial charge < -0.3 is 14.2 Å². The summed E-state index contributed by atoms with van der Waals surface area (Å²) in [7, 11) is 0. The van der Waals surface area contributed by atoms with E-state index in [4.69, 9.17) is 25.8 Å². The number of halogens is 1. The Morgan fingerprint density at radius 3 is 2.61 bits per heavy atom. The lowest BCUT2D eigenvalue weighted by atomic mass is 10.2. The van der Waals surface area contributed by atoms with E-state index >= 15 is 0 Å². The first-order valence-corrected chi connectivity index (χ1v) is 12.0. The maximum absolute atomic E-state index is 5.92. The molecule has 0 radical (unpaired) electrons. The molecule has 4 aromatic rings. The zero-order chi connectivity index (χ0) is 22.5. The predicted molar refractivity (Wildman–Crippen MR) is 129 cm³/mol. The summed E-state index contributed by atoms with van der Waals surface area (Å²) in [6, 6.07) is 23.6. The van der Waals surface area contributed by atoms with Crippen LogP contribution < -0.4 is 14.2 Å². The fourth-order valence-corrected chi connectivity index (χ4v) is 4.48. The molecule has 0 unspecified atom stereocenters. The lowest BCUT2D eigenvalue weighted by Crippen LogP contribution is -2.05. The molecule has 0 amide bonds. The molecular weight excluding hydrogens is 458 g/mol. The van der Waals surface area contributed by atoms with E-state index in [9.17, 15) is 0 Å². The van der Waals surface area contributed by atoms with Gasteiger partial charge in [-0.05, 0) is 48.4 Å². The molecule has 0 atom stereocenters. The van der Waals surface area contributed by atoms with Gasteiger partial charge in [-0.2, -0.15) is 0 Å². The van der Waals surface area contributed by atoms with Gasteiger partial charge in [-0.1, -0.05) is 59.8 Å². The van der Waals surface area contributed by atoms with Gasteiger partial charge in [0.25, 0.3) is 0 Å². The number of fused-ring (bicyclic) bond motifs is 1. The van der Waals surface area contributed by atoms with E-state index in [1.54, 1.807) is 11.8 Å². The lowest BCUT2D eigenvalue weighted by Gasteiger charge is -2.11. The van der Waals surface area contributed by atoms with Crippen molar-refractivity contribution in [1.82, 2.24) is 14.8 Å². The maximum Gasteiger partial charge on any atom is 0.231 e. The first-order valence-electron chi connectivity index (χ1n) is 10.6. The summed E-state index contributed by atoms with van der Waals surface area (Å²) in [5.41, 5.74) is 2.13. The van der Waals surface area contributed by atoms with E-state index in [1.807, 2.05) is 54.6 Å². The van der Waals surface area contributed by atoms with Gasteiger partial charge in [0.1, 0.15) is 5.75 Å². The molecule has 0 N–H and O–H groups in total. The highest BCUT2D eigenvalue weighted by atomic mass is 35.5. The van der Waals surface area contributed by atoms with Crippen LogP contribution in [-0.4, -0.2) is 33.9 Å². The van der Waals surface area contributed by atoms with Gasteiger partial charge in [0.05, 0.1) is 13.2 Å². The number of ether oxygens (including phenoxy) is 3. The molecule has 1 aliphatic rings.